The summed E-state index contributed by atoms with van der Waals surface area (Å²) in [5, 5.41) is 8.43. The molecule has 2 heterocycles. The number of nitrogens with zero attached hydrogens (tertiary/aromatic N) is 1. The van der Waals surface area contributed by atoms with Crippen LogP contribution in [-0.4, -0.2) is 48.3 Å². The van der Waals surface area contributed by atoms with Crippen LogP contribution in [0, 0.1) is 0 Å². The van der Waals surface area contributed by atoms with Gasteiger partial charge in [-0.05, 0) is 69.9 Å². The molecule has 0 radical (unpaired) electrons. The standard InChI is InChI=1S/C24H36N4O3/c29-22(12-5-2-1-3-6-15-28-16-7-4-8-17-28)26-20-11-9-10-19(18-20)25-21-13-14-23(30)27-24(21)31/h9-11,18,21,25H,1-8,12-17H2,(H,26,29)(H,27,30,31). The number of anilines is 2. The fraction of sp³-hybridized carbons (Fsp3) is 0.625. The van der Waals surface area contributed by atoms with Crippen molar-refractivity contribution in [2.45, 2.75) is 76.7 Å². The van der Waals surface area contributed by atoms with Crippen LogP contribution in [0.25, 0.3) is 0 Å². The molecular weight excluding hydrogens is 392 g/mol. The van der Waals surface area contributed by atoms with Gasteiger partial charge in [0.1, 0.15) is 6.04 Å². The summed E-state index contributed by atoms with van der Waals surface area (Å²) in [5.74, 6) is -0.515. The highest BCUT2D eigenvalue weighted by Gasteiger charge is 2.26. The van der Waals surface area contributed by atoms with Gasteiger partial charge in [-0.1, -0.05) is 31.7 Å². The van der Waals surface area contributed by atoms with Crippen LogP contribution < -0.4 is 16.0 Å². The van der Waals surface area contributed by atoms with Gasteiger partial charge >= 0.3 is 0 Å². The predicted octanol–water partition coefficient (Wildman–Crippen LogP) is 3.67. The molecule has 1 aromatic rings. The van der Waals surface area contributed by atoms with Gasteiger partial charge in [-0.15, -0.1) is 0 Å². The van der Waals surface area contributed by atoms with Gasteiger partial charge in [0.25, 0.3) is 0 Å². The Morgan fingerprint density at radius 2 is 1.74 bits per heavy atom. The van der Waals surface area contributed by atoms with Crippen molar-refractivity contribution in [1.82, 2.24) is 10.2 Å². The Bertz CT molecular complexity index is 746. The number of hydrogen-bond acceptors (Lipinski definition) is 5. The number of imide groups is 1. The molecule has 2 aliphatic rings. The second kappa shape index (κ2) is 12.4. The number of nitrogens with one attached hydrogen (secondary N) is 3. The van der Waals surface area contributed by atoms with Crippen LogP contribution in [0.1, 0.15) is 70.6 Å². The van der Waals surface area contributed by atoms with Crippen molar-refractivity contribution in [2.24, 2.45) is 0 Å². The zero-order valence-electron chi connectivity index (χ0n) is 18.5. The van der Waals surface area contributed by atoms with Crippen LogP contribution in [-0.2, 0) is 14.4 Å². The van der Waals surface area contributed by atoms with E-state index >= 15 is 0 Å². The summed E-state index contributed by atoms with van der Waals surface area (Å²) < 4.78 is 0. The number of carbonyl (C=O) groups excluding carboxylic acids is 3. The first kappa shape index (κ1) is 23.3. The van der Waals surface area contributed by atoms with Crippen molar-refractivity contribution in [3.8, 4) is 0 Å². The fourth-order valence-electron chi connectivity index (χ4n) is 4.28. The van der Waals surface area contributed by atoms with Crippen molar-refractivity contribution < 1.29 is 14.4 Å². The molecule has 2 fully saturated rings. The summed E-state index contributed by atoms with van der Waals surface area (Å²) in [6.45, 7) is 3.76. The molecule has 2 aliphatic heterocycles. The summed E-state index contributed by atoms with van der Waals surface area (Å²) in [7, 11) is 0. The highest BCUT2D eigenvalue weighted by molar-refractivity contribution is 6.01. The summed E-state index contributed by atoms with van der Waals surface area (Å²) in [5.41, 5.74) is 1.46. The van der Waals surface area contributed by atoms with Crippen LogP contribution in [0.15, 0.2) is 24.3 Å². The molecule has 3 amide bonds. The molecule has 0 aromatic heterocycles. The summed E-state index contributed by atoms with van der Waals surface area (Å²) >= 11 is 0. The maximum absolute atomic E-state index is 12.3. The van der Waals surface area contributed by atoms with Gasteiger partial charge in [-0.3, -0.25) is 19.7 Å². The van der Waals surface area contributed by atoms with Gasteiger partial charge in [0, 0.05) is 24.2 Å². The fourth-order valence-corrected chi connectivity index (χ4v) is 4.28. The molecule has 1 unspecified atom stereocenters. The van der Waals surface area contributed by atoms with Crippen LogP contribution in [0.3, 0.4) is 0 Å². The molecule has 2 saturated heterocycles. The zero-order chi connectivity index (χ0) is 21.9. The van der Waals surface area contributed by atoms with Crippen molar-refractivity contribution >= 4 is 29.1 Å². The Morgan fingerprint density at radius 3 is 2.55 bits per heavy atom. The van der Waals surface area contributed by atoms with Gasteiger partial charge in [0.2, 0.25) is 17.7 Å². The van der Waals surface area contributed by atoms with E-state index in [9.17, 15) is 14.4 Å². The lowest BCUT2D eigenvalue weighted by molar-refractivity contribution is -0.133. The van der Waals surface area contributed by atoms with E-state index in [1.165, 1.54) is 58.2 Å². The van der Waals surface area contributed by atoms with Crippen LogP contribution >= 0.6 is 0 Å². The molecule has 3 N–H and O–H groups in total. The van der Waals surface area contributed by atoms with E-state index in [1.807, 2.05) is 24.3 Å². The first-order chi connectivity index (χ1) is 15.1. The Labute approximate surface area is 185 Å². The normalized spacial score (nSPS) is 19.7. The lowest BCUT2D eigenvalue weighted by atomic mass is 10.1. The maximum atomic E-state index is 12.3. The second-order valence-corrected chi connectivity index (χ2v) is 8.70. The molecule has 1 aromatic carbocycles. The smallest absolute Gasteiger partial charge is 0.249 e. The molecule has 7 heteroatoms. The number of hydrogen-bond donors (Lipinski definition) is 3. The molecule has 170 valence electrons. The number of rotatable bonds is 11. The third-order valence-electron chi connectivity index (χ3n) is 6.05. The average Bonchev–Trinajstić information content (AvgIpc) is 2.76. The Morgan fingerprint density at radius 1 is 1.00 bits per heavy atom. The Balaban J connectivity index is 1.29. The lowest BCUT2D eigenvalue weighted by Gasteiger charge is -2.26. The number of carbonyl (C=O) groups is 3. The molecule has 3 rings (SSSR count). The molecule has 31 heavy (non-hydrogen) atoms. The third-order valence-corrected chi connectivity index (χ3v) is 6.05. The summed E-state index contributed by atoms with van der Waals surface area (Å²) in [6, 6.07) is 6.92. The average molecular weight is 429 g/mol. The molecule has 0 bridgehead atoms. The topological polar surface area (TPSA) is 90.5 Å². The van der Waals surface area contributed by atoms with E-state index in [4.69, 9.17) is 0 Å². The van der Waals surface area contributed by atoms with Crippen molar-refractivity contribution in [3.05, 3.63) is 24.3 Å². The van der Waals surface area contributed by atoms with E-state index in [0.717, 1.165) is 18.5 Å². The molecule has 0 saturated carbocycles. The van der Waals surface area contributed by atoms with Crippen molar-refractivity contribution in [2.75, 3.05) is 30.3 Å². The lowest BCUT2D eigenvalue weighted by Crippen LogP contribution is -2.47. The quantitative estimate of drug-likeness (QED) is 0.370. The predicted molar refractivity (Wildman–Crippen MR) is 123 cm³/mol. The van der Waals surface area contributed by atoms with E-state index in [2.05, 4.69) is 20.9 Å². The largest absolute Gasteiger partial charge is 0.374 e. The molecule has 0 spiro atoms. The van der Waals surface area contributed by atoms with E-state index in [-0.39, 0.29) is 17.7 Å². The zero-order valence-corrected chi connectivity index (χ0v) is 18.5. The SMILES string of the molecule is O=C1CCC(Nc2cccc(NC(=O)CCCCCCCN3CCCCC3)c2)C(=O)N1. The molecule has 7 nitrogen and oxygen atoms in total. The highest BCUT2D eigenvalue weighted by Crippen LogP contribution is 2.19. The monoisotopic (exact) mass is 428 g/mol. The Hall–Kier alpha value is -2.41. The summed E-state index contributed by atoms with van der Waals surface area (Å²) in [6.07, 6.45) is 11.1. The van der Waals surface area contributed by atoms with Crippen molar-refractivity contribution in [3.63, 3.8) is 0 Å². The minimum absolute atomic E-state index is 0.0199. The number of benzene rings is 1. The third kappa shape index (κ3) is 8.32. The second-order valence-electron chi connectivity index (χ2n) is 8.70. The van der Waals surface area contributed by atoms with Gasteiger partial charge in [0.15, 0.2) is 0 Å². The number of amides is 3. The van der Waals surface area contributed by atoms with Gasteiger partial charge in [-0.2, -0.15) is 0 Å². The number of piperidine rings is 2. The van der Waals surface area contributed by atoms with Crippen LogP contribution in [0.5, 0.6) is 0 Å². The molecule has 1 atom stereocenters. The van der Waals surface area contributed by atoms with Gasteiger partial charge in [0.05, 0.1) is 0 Å². The highest BCUT2D eigenvalue weighted by atomic mass is 16.2. The van der Waals surface area contributed by atoms with E-state index < -0.39 is 6.04 Å². The van der Waals surface area contributed by atoms with Crippen LogP contribution in [0.2, 0.25) is 0 Å². The van der Waals surface area contributed by atoms with Gasteiger partial charge < -0.3 is 15.5 Å². The molecule has 0 aliphatic carbocycles. The van der Waals surface area contributed by atoms with Crippen molar-refractivity contribution in [1.29, 1.82) is 0 Å². The van der Waals surface area contributed by atoms with Gasteiger partial charge in [-0.25, -0.2) is 0 Å². The first-order valence-corrected chi connectivity index (χ1v) is 11.8. The number of unbranched alkanes of at least 4 members (excludes halogenated alkanes) is 4. The number of likely N-dealkylation sites (tertiary alicyclic amines) is 1. The maximum Gasteiger partial charge on any atom is 0.249 e. The first-order valence-electron chi connectivity index (χ1n) is 11.8. The van der Waals surface area contributed by atoms with E-state index in [1.54, 1.807) is 0 Å². The summed E-state index contributed by atoms with van der Waals surface area (Å²) in [4.78, 5) is 38.0. The van der Waals surface area contributed by atoms with Crippen LogP contribution in [0.4, 0.5) is 11.4 Å². The Kier molecular flexibility index (Phi) is 9.34. The minimum Gasteiger partial charge on any atom is -0.374 e. The molecular formula is C24H36N4O3. The minimum atomic E-state index is -0.432. The van der Waals surface area contributed by atoms with E-state index in [0.29, 0.717) is 24.9 Å².